The van der Waals surface area contributed by atoms with Crippen molar-refractivity contribution in [3.05, 3.63) is 11.6 Å². The molecule has 116 valence electrons. The maximum Gasteiger partial charge on any atom is 0.325 e. The summed E-state index contributed by atoms with van der Waals surface area (Å²) in [4.78, 5) is 26.8. The number of urea groups is 1. The van der Waals surface area contributed by atoms with E-state index in [4.69, 9.17) is 0 Å². The first kappa shape index (κ1) is 14.6. The van der Waals surface area contributed by atoms with Crippen LogP contribution in [-0.4, -0.2) is 41.5 Å². The smallest absolute Gasteiger partial charge is 0.323 e. The SMILES string of the molecule is CC1=C[C@H](N2C(=O)NC3(CCNCC3)C2=O)CC(C)(C)C1. The van der Waals surface area contributed by atoms with E-state index in [2.05, 4.69) is 37.5 Å². The minimum atomic E-state index is -0.661. The molecule has 3 aliphatic rings. The van der Waals surface area contributed by atoms with Crippen LogP contribution in [0.2, 0.25) is 0 Å². The van der Waals surface area contributed by atoms with Crippen LogP contribution in [-0.2, 0) is 4.79 Å². The highest BCUT2D eigenvalue weighted by Gasteiger charge is 2.53. The summed E-state index contributed by atoms with van der Waals surface area (Å²) in [5.74, 6) is -0.0271. The van der Waals surface area contributed by atoms with Crippen LogP contribution in [0.5, 0.6) is 0 Å². The lowest BCUT2D eigenvalue weighted by Gasteiger charge is -2.37. The predicted octanol–water partition coefficient (Wildman–Crippen LogP) is 1.80. The first-order valence-corrected chi connectivity index (χ1v) is 7.87. The maximum absolute atomic E-state index is 12.9. The standard InChI is InChI=1S/C16H25N3O2/c1-11-8-12(10-15(2,3)9-11)19-13(20)16(18-14(19)21)4-6-17-7-5-16/h8,12,17H,4-7,9-10H2,1-3H3,(H,18,21)/t12-/m0/s1. The highest BCUT2D eigenvalue weighted by atomic mass is 16.2. The van der Waals surface area contributed by atoms with Crippen LogP contribution >= 0.6 is 0 Å². The zero-order valence-corrected chi connectivity index (χ0v) is 13.2. The molecule has 0 unspecified atom stereocenters. The van der Waals surface area contributed by atoms with Gasteiger partial charge in [-0.2, -0.15) is 0 Å². The summed E-state index contributed by atoms with van der Waals surface area (Å²) in [5.41, 5.74) is 0.739. The number of hydrogen-bond donors (Lipinski definition) is 2. The van der Waals surface area contributed by atoms with Crippen LogP contribution in [0.4, 0.5) is 4.79 Å². The molecule has 0 aromatic rings. The number of allylic oxidation sites excluding steroid dienone is 1. The number of nitrogens with one attached hydrogen (secondary N) is 2. The number of rotatable bonds is 1. The summed E-state index contributed by atoms with van der Waals surface area (Å²) < 4.78 is 0. The molecule has 2 heterocycles. The topological polar surface area (TPSA) is 61.4 Å². The molecule has 21 heavy (non-hydrogen) atoms. The maximum atomic E-state index is 12.9. The van der Waals surface area contributed by atoms with E-state index in [-0.39, 0.29) is 23.4 Å². The van der Waals surface area contributed by atoms with Gasteiger partial charge in [-0.3, -0.25) is 9.69 Å². The molecule has 0 saturated carbocycles. The predicted molar refractivity (Wildman–Crippen MR) is 80.8 cm³/mol. The Morgan fingerprint density at radius 2 is 1.90 bits per heavy atom. The van der Waals surface area contributed by atoms with Crippen LogP contribution in [0.3, 0.4) is 0 Å². The molecule has 0 aromatic heterocycles. The van der Waals surface area contributed by atoms with Gasteiger partial charge in [-0.05, 0) is 51.1 Å². The number of nitrogens with zero attached hydrogens (tertiary/aromatic N) is 1. The number of carbonyl (C=O) groups excluding carboxylic acids is 2. The number of hydrogen-bond acceptors (Lipinski definition) is 3. The molecule has 1 aliphatic carbocycles. The number of piperidine rings is 1. The summed E-state index contributed by atoms with van der Waals surface area (Å²) in [7, 11) is 0. The van der Waals surface area contributed by atoms with Crippen molar-refractivity contribution in [1.29, 1.82) is 0 Å². The largest absolute Gasteiger partial charge is 0.325 e. The van der Waals surface area contributed by atoms with Crippen LogP contribution in [0.15, 0.2) is 11.6 Å². The van der Waals surface area contributed by atoms with E-state index >= 15 is 0 Å². The fraction of sp³-hybridized carbons (Fsp3) is 0.750. The van der Waals surface area contributed by atoms with Gasteiger partial charge in [0, 0.05) is 0 Å². The second kappa shape index (κ2) is 4.83. The van der Waals surface area contributed by atoms with E-state index in [1.807, 2.05) is 0 Å². The summed E-state index contributed by atoms with van der Waals surface area (Å²) in [6.45, 7) is 8.06. The van der Waals surface area contributed by atoms with Gasteiger partial charge in [0.05, 0.1) is 6.04 Å². The van der Waals surface area contributed by atoms with Crippen LogP contribution in [0, 0.1) is 5.41 Å². The Hall–Kier alpha value is -1.36. The molecular formula is C16H25N3O2. The molecule has 5 heteroatoms. The van der Waals surface area contributed by atoms with Gasteiger partial charge in [0.2, 0.25) is 0 Å². The Labute approximate surface area is 126 Å². The average molecular weight is 291 g/mol. The molecule has 3 amide bonds. The van der Waals surface area contributed by atoms with Gasteiger partial charge in [-0.25, -0.2) is 4.79 Å². The van der Waals surface area contributed by atoms with Crippen molar-refractivity contribution in [3.63, 3.8) is 0 Å². The molecule has 5 nitrogen and oxygen atoms in total. The lowest BCUT2D eigenvalue weighted by atomic mass is 9.75. The molecule has 2 aliphatic heterocycles. The molecule has 0 aromatic carbocycles. The Balaban J connectivity index is 1.87. The molecule has 0 bridgehead atoms. The molecule has 2 saturated heterocycles. The van der Waals surface area contributed by atoms with Gasteiger partial charge >= 0.3 is 6.03 Å². The zero-order chi connectivity index (χ0) is 15.3. The second-order valence-electron chi connectivity index (χ2n) is 7.56. The molecular weight excluding hydrogens is 266 g/mol. The summed E-state index contributed by atoms with van der Waals surface area (Å²) in [5, 5.41) is 6.23. The van der Waals surface area contributed by atoms with Crippen molar-refractivity contribution in [1.82, 2.24) is 15.5 Å². The Bertz CT molecular complexity index is 504. The van der Waals surface area contributed by atoms with E-state index in [1.54, 1.807) is 0 Å². The zero-order valence-electron chi connectivity index (χ0n) is 13.2. The summed E-state index contributed by atoms with van der Waals surface area (Å²) in [6, 6.07) is -0.316. The Morgan fingerprint density at radius 3 is 2.52 bits per heavy atom. The van der Waals surface area contributed by atoms with Gasteiger partial charge in [-0.15, -0.1) is 0 Å². The second-order valence-corrected chi connectivity index (χ2v) is 7.56. The fourth-order valence-electron chi connectivity index (χ4n) is 4.14. The Kier molecular flexibility index (Phi) is 3.35. The minimum absolute atomic E-state index is 0.0271. The van der Waals surface area contributed by atoms with E-state index < -0.39 is 5.54 Å². The van der Waals surface area contributed by atoms with Gasteiger partial charge < -0.3 is 10.6 Å². The molecule has 2 N–H and O–H groups in total. The first-order valence-electron chi connectivity index (χ1n) is 7.87. The third-order valence-electron chi connectivity index (χ3n) is 4.98. The van der Waals surface area contributed by atoms with Crippen molar-refractivity contribution in [3.8, 4) is 0 Å². The monoisotopic (exact) mass is 291 g/mol. The van der Waals surface area contributed by atoms with Crippen molar-refractivity contribution >= 4 is 11.9 Å². The van der Waals surface area contributed by atoms with Gasteiger partial charge in [0.25, 0.3) is 5.91 Å². The Morgan fingerprint density at radius 1 is 1.24 bits per heavy atom. The van der Waals surface area contributed by atoms with E-state index in [0.717, 1.165) is 25.9 Å². The minimum Gasteiger partial charge on any atom is -0.323 e. The fourth-order valence-corrected chi connectivity index (χ4v) is 4.14. The molecule has 2 fully saturated rings. The third kappa shape index (κ3) is 2.48. The molecule has 0 radical (unpaired) electrons. The average Bonchev–Trinajstić information content (AvgIpc) is 2.59. The van der Waals surface area contributed by atoms with Gasteiger partial charge in [0.15, 0.2) is 0 Å². The van der Waals surface area contributed by atoms with Crippen molar-refractivity contribution in [2.75, 3.05) is 13.1 Å². The highest BCUT2D eigenvalue weighted by molar-refractivity contribution is 6.07. The number of imide groups is 1. The highest BCUT2D eigenvalue weighted by Crippen LogP contribution is 2.39. The van der Waals surface area contributed by atoms with Crippen LogP contribution < -0.4 is 10.6 Å². The van der Waals surface area contributed by atoms with Crippen molar-refractivity contribution < 1.29 is 9.59 Å². The summed E-state index contributed by atoms with van der Waals surface area (Å²) in [6.07, 6.45) is 5.35. The normalized spacial score (nSPS) is 31.3. The van der Waals surface area contributed by atoms with Gasteiger partial charge in [-0.1, -0.05) is 25.5 Å². The van der Waals surface area contributed by atoms with Crippen molar-refractivity contribution in [2.45, 2.75) is 58.0 Å². The molecule has 1 spiro atoms. The third-order valence-corrected chi connectivity index (χ3v) is 4.98. The molecule has 1 atom stereocenters. The number of carbonyl (C=O) groups is 2. The van der Waals surface area contributed by atoms with Gasteiger partial charge in [0.1, 0.15) is 5.54 Å². The summed E-state index contributed by atoms with van der Waals surface area (Å²) >= 11 is 0. The lowest BCUT2D eigenvalue weighted by molar-refractivity contribution is -0.133. The first-order chi connectivity index (χ1) is 9.83. The number of amides is 3. The quantitative estimate of drug-likeness (QED) is 0.572. The van der Waals surface area contributed by atoms with Crippen LogP contribution in [0.1, 0.15) is 46.5 Å². The van der Waals surface area contributed by atoms with Crippen LogP contribution in [0.25, 0.3) is 0 Å². The lowest BCUT2D eigenvalue weighted by Crippen LogP contribution is -2.54. The van der Waals surface area contributed by atoms with Crippen molar-refractivity contribution in [2.24, 2.45) is 5.41 Å². The van der Waals surface area contributed by atoms with E-state index in [9.17, 15) is 9.59 Å². The van der Waals surface area contributed by atoms with E-state index in [1.165, 1.54) is 10.5 Å². The van der Waals surface area contributed by atoms with E-state index in [0.29, 0.717) is 12.8 Å². The molecule has 3 rings (SSSR count).